The SMILES string of the molecule is CCCNC(=O)[C@H](CC)N(Cc1ccccc1C)C(=O)CN(c1cccc(Cl)c1)S(C)(=O)=O. The van der Waals surface area contributed by atoms with E-state index in [2.05, 4.69) is 5.32 Å². The molecular weight excluding hydrogens is 462 g/mol. The lowest BCUT2D eigenvalue weighted by atomic mass is 10.1. The van der Waals surface area contributed by atoms with Gasteiger partial charge in [0.05, 0.1) is 11.9 Å². The zero-order valence-corrected chi connectivity index (χ0v) is 21.1. The molecule has 0 bridgehead atoms. The normalized spacial score (nSPS) is 12.2. The summed E-state index contributed by atoms with van der Waals surface area (Å²) in [6.45, 7) is 5.97. The molecule has 0 heterocycles. The van der Waals surface area contributed by atoms with Crippen molar-refractivity contribution in [3.8, 4) is 0 Å². The van der Waals surface area contributed by atoms with E-state index < -0.39 is 28.5 Å². The molecule has 1 N–H and O–H groups in total. The summed E-state index contributed by atoms with van der Waals surface area (Å²) < 4.78 is 26.1. The van der Waals surface area contributed by atoms with Crippen LogP contribution in [0.2, 0.25) is 5.02 Å². The topological polar surface area (TPSA) is 86.8 Å². The predicted octanol–water partition coefficient (Wildman–Crippen LogP) is 3.75. The third kappa shape index (κ3) is 7.47. The first-order valence-electron chi connectivity index (χ1n) is 10.9. The summed E-state index contributed by atoms with van der Waals surface area (Å²) in [5.74, 6) is -0.725. The van der Waals surface area contributed by atoms with Crippen molar-refractivity contribution in [3.05, 3.63) is 64.7 Å². The van der Waals surface area contributed by atoms with Gasteiger partial charge in [0.2, 0.25) is 21.8 Å². The molecule has 0 aliphatic rings. The molecule has 33 heavy (non-hydrogen) atoms. The fraction of sp³-hybridized carbons (Fsp3) is 0.417. The molecule has 1 atom stereocenters. The number of halogens is 1. The molecule has 0 spiro atoms. The maximum atomic E-state index is 13.6. The first-order valence-corrected chi connectivity index (χ1v) is 13.2. The summed E-state index contributed by atoms with van der Waals surface area (Å²) in [5.41, 5.74) is 2.16. The van der Waals surface area contributed by atoms with Gasteiger partial charge in [-0.15, -0.1) is 0 Å². The number of nitrogens with zero attached hydrogens (tertiary/aromatic N) is 2. The molecule has 180 valence electrons. The average Bonchev–Trinajstić information content (AvgIpc) is 2.76. The number of hydrogen-bond acceptors (Lipinski definition) is 4. The van der Waals surface area contributed by atoms with Crippen LogP contribution in [0.5, 0.6) is 0 Å². The molecule has 0 aliphatic carbocycles. The highest BCUT2D eigenvalue weighted by molar-refractivity contribution is 7.92. The first-order chi connectivity index (χ1) is 15.6. The molecular formula is C24H32ClN3O4S. The second kappa shape index (κ2) is 12.0. The Labute approximate surface area is 201 Å². The van der Waals surface area contributed by atoms with Gasteiger partial charge in [-0.05, 0) is 49.1 Å². The number of anilines is 1. The summed E-state index contributed by atoms with van der Waals surface area (Å²) >= 11 is 6.06. The van der Waals surface area contributed by atoms with Crippen LogP contribution < -0.4 is 9.62 Å². The maximum absolute atomic E-state index is 13.6. The summed E-state index contributed by atoms with van der Waals surface area (Å²) in [5, 5.41) is 3.22. The van der Waals surface area contributed by atoms with Gasteiger partial charge in [0, 0.05) is 18.1 Å². The molecule has 0 fully saturated rings. The van der Waals surface area contributed by atoms with Gasteiger partial charge in [-0.2, -0.15) is 0 Å². The van der Waals surface area contributed by atoms with E-state index in [-0.39, 0.29) is 18.1 Å². The molecule has 2 rings (SSSR count). The van der Waals surface area contributed by atoms with Gasteiger partial charge in [-0.3, -0.25) is 13.9 Å². The van der Waals surface area contributed by atoms with Gasteiger partial charge in [0.1, 0.15) is 12.6 Å². The van der Waals surface area contributed by atoms with Gasteiger partial charge < -0.3 is 10.2 Å². The number of carbonyl (C=O) groups is 2. The van der Waals surface area contributed by atoms with Gasteiger partial charge in [0.15, 0.2) is 0 Å². The van der Waals surface area contributed by atoms with Crippen molar-refractivity contribution >= 4 is 39.1 Å². The van der Waals surface area contributed by atoms with Crippen LogP contribution in [0.4, 0.5) is 5.69 Å². The van der Waals surface area contributed by atoms with Crippen LogP contribution in [0.3, 0.4) is 0 Å². The highest BCUT2D eigenvalue weighted by atomic mass is 35.5. The smallest absolute Gasteiger partial charge is 0.244 e. The molecule has 2 aromatic carbocycles. The summed E-state index contributed by atoms with van der Waals surface area (Å²) in [7, 11) is -3.78. The van der Waals surface area contributed by atoms with E-state index >= 15 is 0 Å². The van der Waals surface area contributed by atoms with E-state index in [1.807, 2.05) is 45.0 Å². The molecule has 0 saturated heterocycles. The van der Waals surface area contributed by atoms with Crippen molar-refractivity contribution in [2.45, 2.75) is 46.2 Å². The minimum Gasteiger partial charge on any atom is -0.354 e. The monoisotopic (exact) mass is 493 g/mol. The number of amides is 2. The summed E-state index contributed by atoms with van der Waals surface area (Å²) in [6, 6.07) is 13.2. The van der Waals surface area contributed by atoms with Crippen LogP contribution in [0.1, 0.15) is 37.8 Å². The quantitative estimate of drug-likeness (QED) is 0.516. The standard InChI is InChI=1S/C24H32ClN3O4S/c1-5-14-26-24(30)22(6-2)27(16-19-11-8-7-10-18(19)3)23(29)17-28(33(4,31)32)21-13-9-12-20(25)15-21/h7-13,15,22H,5-6,14,16-17H2,1-4H3,(H,26,30)/t22-/m0/s1. The Morgan fingerprint density at radius 1 is 1.09 bits per heavy atom. The summed E-state index contributed by atoms with van der Waals surface area (Å²) in [4.78, 5) is 27.9. The zero-order chi connectivity index (χ0) is 24.6. The summed E-state index contributed by atoms with van der Waals surface area (Å²) in [6.07, 6.45) is 2.20. The minimum absolute atomic E-state index is 0.191. The van der Waals surface area contributed by atoms with Crippen LogP contribution in [0.15, 0.2) is 48.5 Å². The van der Waals surface area contributed by atoms with Crippen LogP contribution in [0, 0.1) is 6.92 Å². The van der Waals surface area contributed by atoms with Gasteiger partial charge >= 0.3 is 0 Å². The molecule has 0 saturated carbocycles. The number of rotatable bonds is 11. The highest BCUT2D eigenvalue weighted by Gasteiger charge is 2.31. The first kappa shape index (κ1) is 26.7. The van der Waals surface area contributed by atoms with Gasteiger partial charge in [-0.1, -0.05) is 55.8 Å². The Hall–Kier alpha value is -2.58. The molecule has 9 heteroatoms. The molecule has 0 aromatic heterocycles. The fourth-order valence-corrected chi connectivity index (χ4v) is 4.53. The van der Waals surface area contributed by atoms with Crippen molar-refractivity contribution in [1.29, 1.82) is 0 Å². The van der Waals surface area contributed by atoms with Crippen molar-refractivity contribution in [1.82, 2.24) is 10.2 Å². The predicted molar refractivity (Wildman–Crippen MR) is 133 cm³/mol. The van der Waals surface area contributed by atoms with Gasteiger partial charge in [0.25, 0.3) is 0 Å². The van der Waals surface area contributed by atoms with Crippen LogP contribution >= 0.6 is 11.6 Å². The van der Waals surface area contributed by atoms with E-state index in [0.717, 1.165) is 28.1 Å². The zero-order valence-electron chi connectivity index (χ0n) is 19.5. The van der Waals surface area contributed by atoms with E-state index in [1.165, 1.54) is 11.0 Å². The third-order valence-electron chi connectivity index (χ3n) is 5.31. The maximum Gasteiger partial charge on any atom is 0.244 e. The second-order valence-corrected chi connectivity index (χ2v) is 10.3. The van der Waals surface area contributed by atoms with Crippen molar-refractivity contribution in [2.75, 3.05) is 23.7 Å². The lowest BCUT2D eigenvalue weighted by Gasteiger charge is -2.33. The Morgan fingerprint density at radius 3 is 2.36 bits per heavy atom. The van der Waals surface area contributed by atoms with Crippen LogP contribution in [-0.4, -0.2) is 50.5 Å². The number of hydrogen-bond donors (Lipinski definition) is 1. The molecule has 2 amide bonds. The third-order valence-corrected chi connectivity index (χ3v) is 6.69. The lowest BCUT2D eigenvalue weighted by Crippen LogP contribution is -2.52. The largest absolute Gasteiger partial charge is 0.354 e. The average molecular weight is 494 g/mol. The molecule has 0 aliphatic heterocycles. The lowest BCUT2D eigenvalue weighted by molar-refractivity contribution is -0.140. The Kier molecular flexibility index (Phi) is 9.73. The van der Waals surface area contributed by atoms with Gasteiger partial charge in [-0.25, -0.2) is 8.42 Å². The number of benzene rings is 2. The molecule has 7 nitrogen and oxygen atoms in total. The number of sulfonamides is 1. The van der Waals surface area contributed by atoms with Crippen molar-refractivity contribution in [3.63, 3.8) is 0 Å². The fourth-order valence-electron chi connectivity index (χ4n) is 3.50. The number of aryl methyl sites for hydroxylation is 1. The van der Waals surface area contributed by atoms with Crippen LogP contribution in [-0.2, 0) is 26.2 Å². The Bertz CT molecular complexity index is 1070. The van der Waals surface area contributed by atoms with E-state index in [0.29, 0.717) is 18.0 Å². The van der Waals surface area contributed by atoms with E-state index in [1.54, 1.807) is 18.2 Å². The highest BCUT2D eigenvalue weighted by Crippen LogP contribution is 2.23. The Morgan fingerprint density at radius 2 is 1.79 bits per heavy atom. The number of nitrogens with one attached hydrogen (secondary N) is 1. The number of carbonyl (C=O) groups excluding carboxylic acids is 2. The minimum atomic E-state index is -3.78. The van der Waals surface area contributed by atoms with E-state index in [4.69, 9.17) is 11.6 Å². The molecule has 0 radical (unpaired) electrons. The molecule has 2 aromatic rings. The Balaban J connectivity index is 2.44. The van der Waals surface area contributed by atoms with E-state index in [9.17, 15) is 18.0 Å². The molecule has 0 unspecified atom stereocenters. The second-order valence-electron chi connectivity index (χ2n) is 7.91. The van der Waals surface area contributed by atoms with Crippen molar-refractivity contribution < 1.29 is 18.0 Å². The van der Waals surface area contributed by atoms with Crippen molar-refractivity contribution in [2.24, 2.45) is 0 Å². The van der Waals surface area contributed by atoms with Crippen LogP contribution in [0.25, 0.3) is 0 Å².